The fourth-order valence-electron chi connectivity index (χ4n) is 3.17. The molecule has 1 saturated heterocycles. The van der Waals surface area contributed by atoms with Crippen LogP contribution in [-0.2, 0) is 5.75 Å². The normalized spacial score (nSPS) is 17.6. The van der Waals surface area contributed by atoms with E-state index in [1.165, 1.54) is 11.8 Å². The maximum absolute atomic E-state index is 13.1. The highest BCUT2D eigenvalue weighted by molar-refractivity contribution is 7.98. The standard InChI is InChI=1S/C19H20N4O2S/c1-13-11-23(10-9-20-13)18(24)17-15(12-26-19-21-7-4-8-22-19)14-5-2-3-6-16(14)25-17/h2-8,13,20H,9-12H2,1H3/t13-/m1/s1. The zero-order valence-corrected chi connectivity index (χ0v) is 15.3. The van der Waals surface area contributed by atoms with Crippen molar-refractivity contribution in [3.63, 3.8) is 0 Å². The lowest BCUT2D eigenvalue weighted by Gasteiger charge is -2.31. The van der Waals surface area contributed by atoms with E-state index >= 15 is 0 Å². The van der Waals surface area contributed by atoms with Crippen molar-refractivity contribution in [3.05, 3.63) is 54.0 Å². The van der Waals surface area contributed by atoms with Gasteiger partial charge in [-0.15, -0.1) is 0 Å². The van der Waals surface area contributed by atoms with Gasteiger partial charge >= 0.3 is 0 Å². The number of piperazine rings is 1. The molecule has 1 amide bonds. The van der Waals surface area contributed by atoms with Crippen LogP contribution in [-0.4, -0.2) is 46.5 Å². The maximum atomic E-state index is 13.1. The predicted molar refractivity (Wildman–Crippen MR) is 101 cm³/mol. The van der Waals surface area contributed by atoms with Crippen LogP contribution >= 0.6 is 11.8 Å². The second kappa shape index (κ2) is 7.47. The molecule has 1 atom stereocenters. The Bertz CT molecular complexity index is 912. The lowest BCUT2D eigenvalue weighted by Crippen LogP contribution is -2.51. The molecule has 0 unspecified atom stereocenters. The number of hydrogen-bond donors (Lipinski definition) is 1. The minimum absolute atomic E-state index is 0.0425. The third-order valence-corrected chi connectivity index (χ3v) is 5.34. The fourth-order valence-corrected chi connectivity index (χ4v) is 4.00. The average molecular weight is 368 g/mol. The van der Waals surface area contributed by atoms with Gasteiger partial charge in [-0.1, -0.05) is 30.0 Å². The largest absolute Gasteiger partial charge is 0.451 e. The molecule has 0 spiro atoms. The number of carbonyl (C=O) groups excluding carboxylic acids is 1. The molecule has 1 fully saturated rings. The van der Waals surface area contributed by atoms with Crippen molar-refractivity contribution < 1.29 is 9.21 Å². The van der Waals surface area contributed by atoms with Crippen molar-refractivity contribution in [2.75, 3.05) is 19.6 Å². The quantitative estimate of drug-likeness (QED) is 0.564. The first-order valence-electron chi connectivity index (χ1n) is 8.65. The number of rotatable bonds is 4. The highest BCUT2D eigenvalue weighted by atomic mass is 32.2. The van der Waals surface area contributed by atoms with Crippen molar-refractivity contribution in [1.82, 2.24) is 20.2 Å². The number of carbonyl (C=O) groups is 1. The van der Waals surface area contributed by atoms with Crippen LogP contribution in [0.3, 0.4) is 0 Å². The Morgan fingerprint density at radius 3 is 2.92 bits per heavy atom. The number of thioether (sulfide) groups is 1. The smallest absolute Gasteiger partial charge is 0.290 e. The van der Waals surface area contributed by atoms with Crippen LogP contribution in [0.15, 0.2) is 52.3 Å². The second-order valence-corrected chi connectivity index (χ2v) is 7.27. The van der Waals surface area contributed by atoms with Gasteiger partial charge in [0, 0.05) is 54.8 Å². The summed E-state index contributed by atoms with van der Waals surface area (Å²) in [4.78, 5) is 23.5. The summed E-state index contributed by atoms with van der Waals surface area (Å²) in [6.07, 6.45) is 3.44. The molecule has 1 aliphatic rings. The number of fused-ring (bicyclic) bond motifs is 1. The molecule has 7 heteroatoms. The first-order chi connectivity index (χ1) is 12.7. The molecular weight excluding hydrogens is 348 g/mol. The number of para-hydroxylation sites is 1. The van der Waals surface area contributed by atoms with Gasteiger partial charge in [0.15, 0.2) is 10.9 Å². The number of amides is 1. The lowest BCUT2D eigenvalue weighted by molar-refractivity contribution is 0.0678. The number of hydrogen-bond acceptors (Lipinski definition) is 6. The summed E-state index contributed by atoms with van der Waals surface area (Å²) in [5.41, 5.74) is 1.65. The zero-order valence-electron chi connectivity index (χ0n) is 14.5. The molecule has 3 aromatic rings. The minimum Gasteiger partial charge on any atom is -0.451 e. The number of benzene rings is 1. The van der Waals surface area contributed by atoms with Gasteiger partial charge in [0.2, 0.25) is 0 Å². The van der Waals surface area contributed by atoms with Crippen LogP contribution in [0.25, 0.3) is 11.0 Å². The van der Waals surface area contributed by atoms with Gasteiger partial charge in [-0.2, -0.15) is 0 Å². The molecule has 2 aromatic heterocycles. The Labute approximate surface area is 156 Å². The van der Waals surface area contributed by atoms with E-state index in [1.54, 1.807) is 18.5 Å². The van der Waals surface area contributed by atoms with E-state index in [0.717, 1.165) is 23.1 Å². The molecule has 134 valence electrons. The molecule has 0 saturated carbocycles. The summed E-state index contributed by atoms with van der Waals surface area (Å²) in [6.45, 7) is 4.26. The highest BCUT2D eigenvalue weighted by Gasteiger charge is 2.28. The number of nitrogens with one attached hydrogen (secondary N) is 1. The molecule has 3 heterocycles. The van der Waals surface area contributed by atoms with Gasteiger partial charge < -0.3 is 14.6 Å². The predicted octanol–water partition coefficient (Wildman–Crippen LogP) is 2.95. The van der Waals surface area contributed by atoms with Crippen LogP contribution in [0, 0.1) is 0 Å². The summed E-state index contributed by atoms with van der Waals surface area (Å²) in [6, 6.07) is 9.86. The monoisotopic (exact) mass is 368 g/mol. The fraction of sp³-hybridized carbons (Fsp3) is 0.316. The third-order valence-electron chi connectivity index (χ3n) is 4.44. The van der Waals surface area contributed by atoms with Crippen molar-refractivity contribution in [2.45, 2.75) is 23.9 Å². The minimum atomic E-state index is -0.0425. The average Bonchev–Trinajstić information content (AvgIpc) is 3.05. The van der Waals surface area contributed by atoms with Crippen molar-refractivity contribution in [1.29, 1.82) is 0 Å². The van der Waals surface area contributed by atoms with Crippen molar-refractivity contribution >= 4 is 28.6 Å². The molecule has 4 rings (SSSR count). The van der Waals surface area contributed by atoms with Crippen molar-refractivity contribution in [3.8, 4) is 0 Å². The van der Waals surface area contributed by atoms with E-state index in [1.807, 2.05) is 29.2 Å². The number of aromatic nitrogens is 2. The first-order valence-corrected chi connectivity index (χ1v) is 9.64. The van der Waals surface area contributed by atoms with Gasteiger partial charge in [0.05, 0.1) is 0 Å². The van der Waals surface area contributed by atoms with E-state index in [4.69, 9.17) is 4.42 Å². The molecule has 1 aromatic carbocycles. The summed E-state index contributed by atoms with van der Waals surface area (Å²) in [5, 5.41) is 5.02. The molecular formula is C19H20N4O2S. The Balaban J connectivity index is 1.66. The SMILES string of the molecule is C[C@@H]1CN(C(=O)c2oc3ccccc3c2CSc2ncccn2)CCN1. The maximum Gasteiger partial charge on any atom is 0.290 e. The van der Waals surface area contributed by atoms with Crippen molar-refractivity contribution in [2.24, 2.45) is 0 Å². The van der Waals surface area contributed by atoms with E-state index in [9.17, 15) is 4.79 Å². The van der Waals surface area contributed by atoms with Crippen LogP contribution in [0.5, 0.6) is 0 Å². The van der Waals surface area contributed by atoms with Crippen LogP contribution in [0.2, 0.25) is 0 Å². The molecule has 6 nitrogen and oxygen atoms in total. The van der Waals surface area contributed by atoms with E-state index in [-0.39, 0.29) is 11.9 Å². The molecule has 0 bridgehead atoms. The molecule has 1 N–H and O–H groups in total. The van der Waals surface area contributed by atoms with E-state index in [2.05, 4.69) is 22.2 Å². The van der Waals surface area contributed by atoms with Gasteiger partial charge in [-0.25, -0.2) is 9.97 Å². The second-order valence-electron chi connectivity index (χ2n) is 6.33. The lowest BCUT2D eigenvalue weighted by atomic mass is 10.1. The number of furan rings is 1. The van der Waals surface area contributed by atoms with Gasteiger partial charge in [-0.3, -0.25) is 4.79 Å². The summed E-state index contributed by atoms with van der Waals surface area (Å²) < 4.78 is 5.97. The first kappa shape index (κ1) is 17.1. The molecule has 0 aliphatic carbocycles. The molecule has 1 aliphatic heterocycles. The van der Waals surface area contributed by atoms with Crippen LogP contribution < -0.4 is 5.32 Å². The van der Waals surface area contributed by atoms with Crippen LogP contribution in [0.1, 0.15) is 23.0 Å². The number of nitrogens with zero attached hydrogens (tertiary/aromatic N) is 3. The summed E-state index contributed by atoms with van der Waals surface area (Å²) >= 11 is 1.51. The van der Waals surface area contributed by atoms with Crippen LogP contribution in [0.4, 0.5) is 0 Å². The van der Waals surface area contributed by atoms with E-state index < -0.39 is 0 Å². The summed E-state index contributed by atoms with van der Waals surface area (Å²) in [5.74, 6) is 0.979. The van der Waals surface area contributed by atoms with Gasteiger partial charge in [-0.05, 0) is 19.1 Å². The Kier molecular flexibility index (Phi) is 4.90. The highest BCUT2D eigenvalue weighted by Crippen LogP contribution is 2.31. The van der Waals surface area contributed by atoms with Gasteiger partial charge in [0.1, 0.15) is 5.58 Å². The Morgan fingerprint density at radius 2 is 2.12 bits per heavy atom. The zero-order chi connectivity index (χ0) is 17.9. The topological polar surface area (TPSA) is 71.3 Å². The van der Waals surface area contributed by atoms with E-state index in [0.29, 0.717) is 29.8 Å². The Morgan fingerprint density at radius 1 is 1.31 bits per heavy atom. The molecule has 26 heavy (non-hydrogen) atoms. The Hall–Kier alpha value is -2.38. The third kappa shape index (κ3) is 3.45. The summed E-state index contributed by atoms with van der Waals surface area (Å²) in [7, 11) is 0. The molecule has 0 radical (unpaired) electrons. The van der Waals surface area contributed by atoms with Gasteiger partial charge in [0.25, 0.3) is 5.91 Å².